The molecule has 2 aromatic rings. The van der Waals surface area contributed by atoms with Crippen molar-refractivity contribution < 1.29 is 22.7 Å². The maximum Gasteiger partial charge on any atom is 0.371 e. The lowest BCUT2D eigenvalue weighted by Gasteiger charge is -2.13. The van der Waals surface area contributed by atoms with E-state index < -0.39 is 32.9 Å². The van der Waals surface area contributed by atoms with Gasteiger partial charge < -0.3 is 9.52 Å². The van der Waals surface area contributed by atoms with Crippen LogP contribution < -0.4 is 4.72 Å². The van der Waals surface area contributed by atoms with E-state index in [1.165, 1.54) is 0 Å². The average molecular weight is 295 g/mol. The number of hydrogen-bond acceptors (Lipinski definition) is 4. The molecule has 2 N–H and O–H groups in total. The summed E-state index contributed by atoms with van der Waals surface area (Å²) in [5, 5.41) is 8.30. The summed E-state index contributed by atoms with van der Waals surface area (Å²) in [6.45, 7) is 1.69. The van der Waals surface area contributed by atoms with E-state index in [0.29, 0.717) is 0 Å². The number of aromatic carboxylic acids is 1. The molecule has 0 amide bonds. The molecular weight excluding hydrogens is 282 g/mol. The molecule has 20 heavy (non-hydrogen) atoms. The van der Waals surface area contributed by atoms with Crippen molar-refractivity contribution in [3.8, 4) is 0 Å². The number of carbonyl (C=O) groups is 1. The van der Waals surface area contributed by atoms with Crippen molar-refractivity contribution in [3.63, 3.8) is 0 Å². The molecule has 6 nitrogen and oxygen atoms in total. The molecule has 0 unspecified atom stereocenters. The second-order valence-corrected chi connectivity index (χ2v) is 5.82. The van der Waals surface area contributed by atoms with Gasteiger partial charge in [-0.1, -0.05) is 30.3 Å². The molecule has 0 radical (unpaired) electrons. The summed E-state index contributed by atoms with van der Waals surface area (Å²) in [6, 6.07) is 10.8. The lowest BCUT2D eigenvalue weighted by atomic mass is 10.1. The lowest BCUT2D eigenvalue weighted by Crippen LogP contribution is -2.26. The Morgan fingerprint density at radius 3 is 2.40 bits per heavy atom. The third-order valence-electron chi connectivity index (χ3n) is 2.69. The van der Waals surface area contributed by atoms with Gasteiger partial charge in [-0.05, 0) is 24.6 Å². The fourth-order valence-electron chi connectivity index (χ4n) is 1.68. The Morgan fingerprint density at radius 2 is 1.85 bits per heavy atom. The minimum atomic E-state index is -3.90. The quantitative estimate of drug-likeness (QED) is 0.879. The van der Waals surface area contributed by atoms with E-state index in [1.807, 2.05) is 6.07 Å². The van der Waals surface area contributed by atoms with Gasteiger partial charge in [0.15, 0.2) is 0 Å². The van der Waals surface area contributed by atoms with Gasteiger partial charge in [0.2, 0.25) is 10.9 Å². The van der Waals surface area contributed by atoms with Crippen LogP contribution in [0.1, 0.15) is 29.1 Å². The number of rotatable bonds is 5. The first-order valence-corrected chi connectivity index (χ1v) is 7.29. The van der Waals surface area contributed by atoms with Crippen LogP contribution in [0.4, 0.5) is 0 Å². The van der Waals surface area contributed by atoms with Gasteiger partial charge in [-0.25, -0.2) is 17.9 Å². The third kappa shape index (κ3) is 3.06. The SMILES string of the molecule is C[C@H](NS(=O)(=O)c1ccc(C(=O)O)o1)c1ccccc1. The number of nitrogens with one attached hydrogen (secondary N) is 1. The topological polar surface area (TPSA) is 96.6 Å². The Morgan fingerprint density at radius 1 is 1.20 bits per heavy atom. The zero-order valence-corrected chi connectivity index (χ0v) is 11.4. The summed E-state index contributed by atoms with van der Waals surface area (Å²) >= 11 is 0. The van der Waals surface area contributed by atoms with Crippen LogP contribution >= 0.6 is 0 Å². The molecule has 0 aliphatic rings. The zero-order chi connectivity index (χ0) is 14.8. The van der Waals surface area contributed by atoms with Gasteiger partial charge >= 0.3 is 5.97 Å². The van der Waals surface area contributed by atoms with Crippen LogP contribution in [0.2, 0.25) is 0 Å². The summed E-state index contributed by atoms with van der Waals surface area (Å²) in [5.41, 5.74) is 0.793. The standard InChI is InChI=1S/C13H13NO5S/c1-9(10-5-3-2-4-6-10)14-20(17,18)12-8-7-11(19-12)13(15)16/h2-9,14H,1H3,(H,15,16)/t9-/m0/s1. The normalized spacial score (nSPS) is 13.1. The molecule has 0 spiro atoms. The van der Waals surface area contributed by atoms with E-state index in [2.05, 4.69) is 4.72 Å². The van der Waals surface area contributed by atoms with Crippen molar-refractivity contribution in [1.29, 1.82) is 0 Å². The van der Waals surface area contributed by atoms with E-state index in [1.54, 1.807) is 31.2 Å². The van der Waals surface area contributed by atoms with Gasteiger partial charge in [-0.15, -0.1) is 0 Å². The highest BCUT2D eigenvalue weighted by Gasteiger charge is 2.23. The highest BCUT2D eigenvalue weighted by molar-refractivity contribution is 7.89. The summed E-state index contributed by atoms with van der Waals surface area (Å²) in [6.07, 6.45) is 0. The molecule has 0 aliphatic carbocycles. The molecule has 1 heterocycles. The molecule has 2 rings (SSSR count). The van der Waals surface area contributed by atoms with E-state index in [4.69, 9.17) is 9.52 Å². The van der Waals surface area contributed by atoms with Crippen LogP contribution in [0.3, 0.4) is 0 Å². The maximum atomic E-state index is 12.1. The van der Waals surface area contributed by atoms with Crippen LogP contribution in [-0.2, 0) is 10.0 Å². The van der Waals surface area contributed by atoms with E-state index >= 15 is 0 Å². The highest BCUT2D eigenvalue weighted by Crippen LogP contribution is 2.18. The summed E-state index contributed by atoms with van der Waals surface area (Å²) in [5.74, 6) is -1.74. The molecule has 0 saturated carbocycles. The second kappa shape index (κ2) is 5.48. The van der Waals surface area contributed by atoms with Gasteiger partial charge in [0.05, 0.1) is 0 Å². The summed E-state index contributed by atoms with van der Waals surface area (Å²) in [4.78, 5) is 10.7. The smallest absolute Gasteiger partial charge is 0.371 e. The molecular formula is C13H13NO5S. The fraction of sp³-hybridized carbons (Fsp3) is 0.154. The second-order valence-electron chi connectivity index (χ2n) is 4.18. The molecule has 0 aliphatic heterocycles. The van der Waals surface area contributed by atoms with Crippen LogP contribution in [-0.4, -0.2) is 19.5 Å². The minimum Gasteiger partial charge on any atom is -0.475 e. The Balaban J connectivity index is 2.20. The molecule has 1 aromatic heterocycles. The predicted molar refractivity (Wildman–Crippen MR) is 70.8 cm³/mol. The highest BCUT2D eigenvalue weighted by atomic mass is 32.2. The van der Waals surface area contributed by atoms with Gasteiger partial charge in [0, 0.05) is 6.04 Å². The first-order valence-electron chi connectivity index (χ1n) is 5.80. The van der Waals surface area contributed by atoms with E-state index in [9.17, 15) is 13.2 Å². The third-order valence-corrected chi connectivity index (χ3v) is 4.10. The monoisotopic (exact) mass is 295 g/mol. The zero-order valence-electron chi connectivity index (χ0n) is 10.6. The number of benzene rings is 1. The number of hydrogen-bond donors (Lipinski definition) is 2. The first-order chi connectivity index (χ1) is 9.40. The predicted octanol–water partition coefficient (Wildman–Crippen LogP) is 2.02. The van der Waals surface area contributed by atoms with Gasteiger partial charge in [-0.2, -0.15) is 0 Å². The number of carboxylic acids is 1. The van der Waals surface area contributed by atoms with E-state index in [-0.39, 0.29) is 0 Å². The van der Waals surface area contributed by atoms with Crippen LogP contribution in [0.15, 0.2) is 52.0 Å². The minimum absolute atomic E-state index is 0.419. The molecule has 1 atom stereocenters. The number of furan rings is 1. The van der Waals surface area contributed by atoms with Gasteiger partial charge in [-0.3, -0.25) is 0 Å². The van der Waals surface area contributed by atoms with Crippen molar-refractivity contribution in [2.24, 2.45) is 0 Å². The molecule has 0 bridgehead atoms. The average Bonchev–Trinajstić information content (AvgIpc) is 2.90. The molecule has 7 heteroatoms. The first kappa shape index (κ1) is 14.3. The maximum absolute atomic E-state index is 12.1. The molecule has 0 saturated heterocycles. The lowest BCUT2D eigenvalue weighted by molar-refractivity contribution is 0.0656. The Kier molecular flexibility index (Phi) is 3.91. The molecule has 0 fully saturated rings. The largest absolute Gasteiger partial charge is 0.475 e. The summed E-state index contributed by atoms with van der Waals surface area (Å²) in [7, 11) is -3.90. The molecule has 1 aromatic carbocycles. The van der Waals surface area contributed by atoms with Gasteiger partial charge in [0.1, 0.15) is 0 Å². The van der Waals surface area contributed by atoms with E-state index in [0.717, 1.165) is 17.7 Å². The van der Waals surface area contributed by atoms with Crippen molar-refractivity contribution in [2.75, 3.05) is 0 Å². The van der Waals surface area contributed by atoms with Crippen molar-refractivity contribution in [1.82, 2.24) is 4.72 Å². The van der Waals surface area contributed by atoms with Crippen molar-refractivity contribution in [2.45, 2.75) is 18.1 Å². The fourth-order valence-corrected chi connectivity index (χ4v) is 2.84. The van der Waals surface area contributed by atoms with Crippen LogP contribution in [0.25, 0.3) is 0 Å². The van der Waals surface area contributed by atoms with Crippen LogP contribution in [0.5, 0.6) is 0 Å². The number of sulfonamides is 1. The van der Waals surface area contributed by atoms with Crippen molar-refractivity contribution >= 4 is 16.0 Å². The molecule has 106 valence electrons. The van der Waals surface area contributed by atoms with Crippen molar-refractivity contribution in [3.05, 3.63) is 53.8 Å². The van der Waals surface area contributed by atoms with Crippen LogP contribution in [0, 0.1) is 0 Å². The summed E-state index contributed by atoms with van der Waals surface area (Å²) < 4.78 is 31.3. The Bertz CT molecular complexity index is 705. The number of carboxylic acid groups (broad SMARTS) is 1. The Labute approximate surface area is 116 Å². The Hall–Kier alpha value is -2.12. The van der Waals surface area contributed by atoms with Gasteiger partial charge in [0.25, 0.3) is 10.0 Å².